The molecule has 3 rings (SSSR count). The molecule has 0 radical (unpaired) electrons. The second-order valence-corrected chi connectivity index (χ2v) is 8.81. The molecular formula is C22H17F5INO3S. The van der Waals surface area contributed by atoms with Crippen LogP contribution in [-0.4, -0.2) is 16.9 Å². The predicted octanol–water partition coefficient (Wildman–Crippen LogP) is 6.79. The second kappa shape index (κ2) is 10.8. The van der Waals surface area contributed by atoms with Gasteiger partial charge in [-0.1, -0.05) is 18.2 Å². The molecule has 0 bridgehead atoms. The summed E-state index contributed by atoms with van der Waals surface area (Å²) in [6.07, 6.45) is -4.91. The van der Waals surface area contributed by atoms with Gasteiger partial charge in [0, 0.05) is 21.1 Å². The van der Waals surface area contributed by atoms with Crippen molar-refractivity contribution in [3.05, 3.63) is 67.6 Å². The number of rotatable bonds is 8. The lowest BCUT2D eigenvalue weighted by Gasteiger charge is -2.13. The highest BCUT2D eigenvalue weighted by Crippen LogP contribution is 2.40. The number of hydrogen-bond donors (Lipinski definition) is 0. The Labute approximate surface area is 204 Å². The fourth-order valence-electron chi connectivity index (χ4n) is 3.00. The van der Waals surface area contributed by atoms with Crippen molar-refractivity contribution in [1.29, 1.82) is 0 Å². The minimum atomic E-state index is -4.68. The summed E-state index contributed by atoms with van der Waals surface area (Å²) >= 11 is 2.34. The van der Waals surface area contributed by atoms with E-state index in [1.54, 1.807) is 31.2 Å². The van der Waals surface area contributed by atoms with Crippen LogP contribution < -0.4 is 4.74 Å². The zero-order valence-corrected chi connectivity index (χ0v) is 20.1. The molecule has 0 aliphatic carbocycles. The number of ether oxygens (including phenoxy) is 2. The lowest BCUT2D eigenvalue weighted by atomic mass is 10.1. The molecule has 0 aliphatic heterocycles. The summed E-state index contributed by atoms with van der Waals surface area (Å²) in [5.41, 5.74) is 0.179. The van der Waals surface area contributed by atoms with Crippen molar-refractivity contribution in [1.82, 2.24) is 4.37 Å². The maximum absolute atomic E-state index is 14.5. The van der Waals surface area contributed by atoms with E-state index in [0.717, 1.165) is 9.64 Å². The SMILES string of the molecule is CCOC(=O)CCc1ccc(OCc2c(-c3ccc(I)cc3)nsc2C(F)(F)F)c(F)c1F. The second-order valence-electron chi connectivity index (χ2n) is 6.79. The highest BCUT2D eigenvalue weighted by molar-refractivity contribution is 14.1. The predicted molar refractivity (Wildman–Crippen MR) is 121 cm³/mol. The Balaban J connectivity index is 1.84. The van der Waals surface area contributed by atoms with Gasteiger partial charge in [0.2, 0.25) is 5.82 Å². The first-order valence-corrected chi connectivity index (χ1v) is 11.5. The number of carbonyl (C=O) groups excluding carboxylic acids is 1. The summed E-state index contributed by atoms with van der Waals surface area (Å²) in [5.74, 6) is -3.66. The average Bonchev–Trinajstić information content (AvgIpc) is 3.19. The smallest absolute Gasteiger partial charge is 0.427 e. The molecule has 0 atom stereocenters. The van der Waals surface area contributed by atoms with Gasteiger partial charge >= 0.3 is 12.1 Å². The van der Waals surface area contributed by atoms with Gasteiger partial charge in [-0.15, -0.1) is 0 Å². The van der Waals surface area contributed by atoms with E-state index in [0.29, 0.717) is 5.56 Å². The number of benzene rings is 2. The average molecular weight is 597 g/mol. The van der Waals surface area contributed by atoms with Crippen LogP contribution in [0.3, 0.4) is 0 Å². The number of alkyl halides is 3. The van der Waals surface area contributed by atoms with Crippen LogP contribution in [0.4, 0.5) is 22.0 Å². The van der Waals surface area contributed by atoms with Crippen LogP contribution in [0.25, 0.3) is 11.3 Å². The quantitative estimate of drug-likeness (QED) is 0.163. The number of halogens is 6. The number of aryl methyl sites for hydroxylation is 1. The molecular weight excluding hydrogens is 580 g/mol. The van der Waals surface area contributed by atoms with Crippen molar-refractivity contribution in [3.8, 4) is 17.0 Å². The Morgan fingerprint density at radius 2 is 1.79 bits per heavy atom. The van der Waals surface area contributed by atoms with Gasteiger partial charge in [-0.3, -0.25) is 4.79 Å². The summed E-state index contributed by atoms with van der Waals surface area (Å²) in [5, 5.41) is 0. The Kier molecular flexibility index (Phi) is 8.27. The van der Waals surface area contributed by atoms with Gasteiger partial charge in [0.25, 0.3) is 0 Å². The molecule has 0 fully saturated rings. The van der Waals surface area contributed by atoms with Gasteiger partial charge in [-0.05, 0) is 71.2 Å². The van der Waals surface area contributed by atoms with Crippen LogP contribution in [0.15, 0.2) is 36.4 Å². The van der Waals surface area contributed by atoms with E-state index in [1.807, 2.05) is 0 Å². The fraction of sp³-hybridized carbons (Fsp3) is 0.273. The summed E-state index contributed by atoms with van der Waals surface area (Å²) in [6, 6.07) is 9.03. The topological polar surface area (TPSA) is 48.4 Å². The lowest BCUT2D eigenvalue weighted by Crippen LogP contribution is -2.10. The van der Waals surface area contributed by atoms with Crippen molar-refractivity contribution >= 4 is 40.1 Å². The molecule has 176 valence electrons. The molecule has 3 aromatic rings. The first-order chi connectivity index (χ1) is 15.6. The first-order valence-electron chi connectivity index (χ1n) is 9.68. The Morgan fingerprint density at radius 3 is 2.42 bits per heavy atom. The molecule has 4 nitrogen and oxygen atoms in total. The van der Waals surface area contributed by atoms with Crippen LogP contribution >= 0.6 is 34.1 Å². The maximum Gasteiger partial charge on any atom is 0.427 e. The van der Waals surface area contributed by atoms with Crippen LogP contribution in [-0.2, 0) is 28.7 Å². The van der Waals surface area contributed by atoms with E-state index in [-0.39, 0.29) is 47.8 Å². The number of carbonyl (C=O) groups is 1. The van der Waals surface area contributed by atoms with E-state index >= 15 is 0 Å². The highest BCUT2D eigenvalue weighted by atomic mass is 127. The Morgan fingerprint density at radius 1 is 1.09 bits per heavy atom. The van der Waals surface area contributed by atoms with E-state index < -0.39 is 41.0 Å². The summed E-state index contributed by atoms with van der Waals surface area (Å²) in [4.78, 5) is 10.5. The van der Waals surface area contributed by atoms with Gasteiger partial charge in [-0.2, -0.15) is 21.9 Å². The van der Waals surface area contributed by atoms with Crippen LogP contribution in [0.1, 0.15) is 29.3 Å². The third-order valence-corrected chi connectivity index (χ3v) is 6.22. The number of aromatic nitrogens is 1. The zero-order chi connectivity index (χ0) is 24.2. The molecule has 2 aromatic carbocycles. The minimum Gasteiger partial charge on any atom is -0.486 e. The van der Waals surface area contributed by atoms with E-state index in [9.17, 15) is 26.7 Å². The third-order valence-electron chi connectivity index (χ3n) is 4.57. The monoisotopic (exact) mass is 597 g/mol. The minimum absolute atomic E-state index is 0.0654. The van der Waals surface area contributed by atoms with Gasteiger partial charge in [0.1, 0.15) is 11.5 Å². The summed E-state index contributed by atoms with van der Waals surface area (Å²) < 4.78 is 84.3. The van der Waals surface area contributed by atoms with E-state index in [4.69, 9.17) is 9.47 Å². The number of hydrogen-bond acceptors (Lipinski definition) is 5. The van der Waals surface area contributed by atoms with Crippen molar-refractivity contribution in [2.24, 2.45) is 0 Å². The van der Waals surface area contributed by atoms with Gasteiger partial charge in [-0.25, -0.2) is 4.39 Å². The largest absolute Gasteiger partial charge is 0.486 e. The molecule has 33 heavy (non-hydrogen) atoms. The molecule has 0 aliphatic rings. The van der Waals surface area contributed by atoms with Crippen LogP contribution in [0, 0.1) is 15.2 Å². The summed E-state index contributed by atoms with van der Waals surface area (Å²) in [6.45, 7) is 1.14. The number of nitrogens with zero attached hydrogens (tertiary/aromatic N) is 1. The zero-order valence-electron chi connectivity index (χ0n) is 17.1. The fourth-order valence-corrected chi connectivity index (χ4v) is 4.12. The number of esters is 1. The van der Waals surface area contributed by atoms with E-state index in [2.05, 4.69) is 27.0 Å². The van der Waals surface area contributed by atoms with Crippen molar-refractivity contribution in [3.63, 3.8) is 0 Å². The Bertz CT molecular complexity index is 1130. The van der Waals surface area contributed by atoms with Gasteiger partial charge in [0.15, 0.2) is 11.6 Å². The standard InChI is InChI=1S/C22H17F5INO3S/c1-2-31-17(30)10-6-12-5-9-16(19(24)18(12)23)32-11-15-20(13-3-7-14(28)8-4-13)29-33-21(15)22(25,26)27/h3-5,7-9H,2,6,10-11H2,1H3. The maximum atomic E-state index is 14.5. The summed E-state index contributed by atoms with van der Waals surface area (Å²) in [7, 11) is 0. The molecule has 11 heteroatoms. The highest BCUT2D eigenvalue weighted by Gasteiger charge is 2.38. The van der Waals surface area contributed by atoms with Crippen molar-refractivity contribution < 1.29 is 36.2 Å². The molecule has 0 saturated heterocycles. The lowest BCUT2D eigenvalue weighted by molar-refractivity contribution is -0.143. The molecule has 0 unspecified atom stereocenters. The molecule has 1 aromatic heterocycles. The molecule has 1 heterocycles. The Hall–Kier alpha value is -2.28. The van der Waals surface area contributed by atoms with Crippen LogP contribution in [0.2, 0.25) is 0 Å². The van der Waals surface area contributed by atoms with Gasteiger partial charge < -0.3 is 9.47 Å². The molecule has 0 saturated carbocycles. The normalized spacial score (nSPS) is 11.5. The van der Waals surface area contributed by atoms with Gasteiger partial charge in [0.05, 0.1) is 12.3 Å². The molecule has 0 N–H and O–H groups in total. The third kappa shape index (κ3) is 6.19. The first kappa shape index (κ1) is 25.3. The molecule has 0 spiro atoms. The van der Waals surface area contributed by atoms with Crippen LogP contribution in [0.5, 0.6) is 5.75 Å². The van der Waals surface area contributed by atoms with Crippen molar-refractivity contribution in [2.75, 3.05) is 6.61 Å². The van der Waals surface area contributed by atoms with E-state index in [1.165, 1.54) is 6.07 Å². The van der Waals surface area contributed by atoms with Crippen molar-refractivity contribution in [2.45, 2.75) is 32.5 Å². The molecule has 0 amide bonds.